The van der Waals surface area contributed by atoms with Crippen molar-refractivity contribution in [1.29, 1.82) is 0 Å². The molecule has 1 aromatic carbocycles. The number of nitrogens with one attached hydrogen (secondary N) is 1. The van der Waals surface area contributed by atoms with E-state index in [1.165, 1.54) is 24.0 Å². The van der Waals surface area contributed by atoms with Crippen LogP contribution in [0.1, 0.15) is 29.9 Å². The van der Waals surface area contributed by atoms with Crippen LogP contribution in [0.5, 0.6) is 0 Å². The lowest BCUT2D eigenvalue weighted by atomic mass is 10.1. The third kappa shape index (κ3) is 3.31. The predicted octanol–water partition coefficient (Wildman–Crippen LogP) is 2.07. The molecule has 3 heteroatoms. The molecule has 1 aliphatic heterocycles. The minimum Gasteiger partial charge on any atom is -0.376 e. The summed E-state index contributed by atoms with van der Waals surface area (Å²) in [5.74, 6) is 0.847. The molecule has 3 nitrogen and oxygen atoms in total. The second-order valence-electron chi connectivity index (χ2n) is 5.21. The fourth-order valence-corrected chi connectivity index (χ4v) is 2.36. The summed E-state index contributed by atoms with van der Waals surface area (Å²) in [4.78, 5) is 0. The average molecular weight is 247 g/mol. The molecule has 1 N–H and O–H groups in total. The van der Waals surface area contributed by atoms with Crippen LogP contribution in [-0.4, -0.2) is 32.5 Å². The molecule has 0 radical (unpaired) electrons. The normalized spacial score (nSPS) is 24.1. The molecule has 18 heavy (non-hydrogen) atoms. The summed E-state index contributed by atoms with van der Waals surface area (Å²) in [7, 11) is 0. The Hall–Kier alpha value is -0.900. The second-order valence-corrected chi connectivity index (χ2v) is 5.21. The molecule has 1 atom stereocenters. The fourth-order valence-electron chi connectivity index (χ4n) is 2.36. The van der Waals surface area contributed by atoms with E-state index in [9.17, 15) is 0 Å². The Balaban J connectivity index is 1.41. The summed E-state index contributed by atoms with van der Waals surface area (Å²) in [6.45, 7) is 3.95. The SMILES string of the molecule is c1cc(C2CC2)ccc1CNCC1COCCO1. The van der Waals surface area contributed by atoms with Gasteiger partial charge in [0.15, 0.2) is 0 Å². The van der Waals surface area contributed by atoms with Crippen LogP contribution in [0.25, 0.3) is 0 Å². The van der Waals surface area contributed by atoms with Crippen molar-refractivity contribution in [1.82, 2.24) is 5.32 Å². The highest BCUT2D eigenvalue weighted by Gasteiger charge is 2.22. The smallest absolute Gasteiger partial charge is 0.0933 e. The molecule has 1 aromatic rings. The molecular weight excluding hydrogens is 226 g/mol. The second kappa shape index (κ2) is 5.83. The van der Waals surface area contributed by atoms with E-state index in [0.717, 1.165) is 32.2 Å². The molecule has 2 fully saturated rings. The quantitative estimate of drug-likeness (QED) is 0.864. The Labute approximate surface area is 108 Å². The minimum atomic E-state index is 0.212. The van der Waals surface area contributed by atoms with Gasteiger partial charge in [0.1, 0.15) is 0 Å². The predicted molar refractivity (Wildman–Crippen MR) is 70.7 cm³/mol. The first-order valence-corrected chi connectivity index (χ1v) is 6.91. The minimum absolute atomic E-state index is 0.212. The number of hydrogen-bond acceptors (Lipinski definition) is 3. The van der Waals surface area contributed by atoms with Crippen LogP contribution < -0.4 is 5.32 Å². The summed E-state index contributed by atoms with van der Waals surface area (Å²) >= 11 is 0. The fraction of sp³-hybridized carbons (Fsp3) is 0.600. The molecule has 1 unspecified atom stereocenters. The molecule has 0 spiro atoms. The highest BCUT2D eigenvalue weighted by atomic mass is 16.6. The van der Waals surface area contributed by atoms with Crippen LogP contribution in [0.4, 0.5) is 0 Å². The topological polar surface area (TPSA) is 30.5 Å². The van der Waals surface area contributed by atoms with Gasteiger partial charge in [-0.05, 0) is 29.9 Å². The van der Waals surface area contributed by atoms with E-state index in [0.29, 0.717) is 6.61 Å². The van der Waals surface area contributed by atoms with Gasteiger partial charge in [0.2, 0.25) is 0 Å². The molecule has 98 valence electrons. The van der Waals surface area contributed by atoms with Crippen molar-refractivity contribution >= 4 is 0 Å². The van der Waals surface area contributed by atoms with Crippen LogP contribution in [0.3, 0.4) is 0 Å². The summed E-state index contributed by atoms with van der Waals surface area (Å²) in [6, 6.07) is 9.02. The summed E-state index contributed by atoms with van der Waals surface area (Å²) < 4.78 is 11.0. The zero-order valence-corrected chi connectivity index (χ0v) is 10.7. The molecule has 0 bridgehead atoms. The number of benzene rings is 1. The van der Waals surface area contributed by atoms with Gasteiger partial charge in [0.05, 0.1) is 25.9 Å². The van der Waals surface area contributed by atoms with Crippen LogP contribution in [0.2, 0.25) is 0 Å². The van der Waals surface area contributed by atoms with Crippen molar-refractivity contribution in [2.45, 2.75) is 31.4 Å². The van der Waals surface area contributed by atoms with Gasteiger partial charge in [-0.3, -0.25) is 0 Å². The first kappa shape index (κ1) is 12.2. The van der Waals surface area contributed by atoms with Gasteiger partial charge in [0.25, 0.3) is 0 Å². The summed E-state index contributed by atoms with van der Waals surface area (Å²) in [5, 5.41) is 3.43. The lowest BCUT2D eigenvalue weighted by Gasteiger charge is -2.23. The lowest BCUT2D eigenvalue weighted by molar-refractivity contribution is -0.0864. The van der Waals surface area contributed by atoms with Crippen molar-refractivity contribution in [3.8, 4) is 0 Å². The van der Waals surface area contributed by atoms with Crippen LogP contribution in [-0.2, 0) is 16.0 Å². The lowest BCUT2D eigenvalue weighted by Crippen LogP contribution is -2.37. The molecule has 0 aromatic heterocycles. The highest BCUT2D eigenvalue weighted by molar-refractivity contribution is 5.27. The van der Waals surface area contributed by atoms with Gasteiger partial charge in [-0.2, -0.15) is 0 Å². The first-order valence-electron chi connectivity index (χ1n) is 6.91. The van der Waals surface area contributed by atoms with Crippen LogP contribution >= 0.6 is 0 Å². The molecule has 1 heterocycles. The van der Waals surface area contributed by atoms with E-state index < -0.39 is 0 Å². The Morgan fingerprint density at radius 1 is 1.11 bits per heavy atom. The number of rotatable bonds is 5. The van der Waals surface area contributed by atoms with Gasteiger partial charge < -0.3 is 14.8 Å². The van der Waals surface area contributed by atoms with Crippen molar-refractivity contribution in [3.05, 3.63) is 35.4 Å². The maximum atomic E-state index is 5.59. The van der Waals surface area contributed by atoms with Crippen molar-refractivity contribution in [2.24, 2.45) is 0 Å². The first-order chi connectivity index (χ1) is 8.92. The number of hydrogen-bond donors (Lipinski definition) is 1. The van der Waals surface area contributed by atoms with Gasteiger partial charge >= 0.3 is 0 Å². The van der Waals surface area contributed by atoms with E-state index in [2.05, 4.69) is 29.6 Å². The maximum Gasteiger partial charge on any atom is 0.0933 e. The summed E-state index contributed by atoms with van der Waals surface area (Å²) in [6.07, 6.45) is 2.96. The van der Waals surface area contributed by atoms with Crippen LogP contribution in [0, 0.1) is 0 Å². The molecule has 1 saturated carbocycles. The summed E-state index contributed by atoms with van der Waals surface area (Å²) in [5.41, 5.74) is 2.85. The largest absolute Gasteiger partial charge is 0.376 e. The van der Waals surface area contributed by atoms with E-state index in [-0.39, 0.29) is 6.10 Å². The maximum absolute atomic E-state index is 5.59. The Morgan fingerprint density at radius 2 is 1.94 bits per heavy atom. The van der Waals surface area contributed by atoms with Crippen molar-refractivity contribution in [2.75, 3.05) is 26.4 Å². The number of ether oxygens (including phenoxy) is 2. The van der Waals surface area contributed by atoms with Gasteiger partial charge in [-0.25, -0.2) is 0 Å². The molecule has 1 aliphatic carbocycles. The molecule has 2 aliphatic rings. The zero-order chi connectivity index (χ0) is 12.2. The average Bonchev–Trinajstić information content (AvgIpc) is 3.25. The highest BCUT2D eigenvalue weighted by Crippen LogP contribution is 2.39. The standard InChI is InChI=1S/C15H21NO2/c1-3-13(14-5-6-14)4-2-12(1)9-16-10-15-11-17-7-8-18-15/h1-4,14-16H,5-11H2. The van der Waals surface area contributed by atoms with Crippen LogP contribution in [0.15, 0.2) is 24.3 Å². The third-order valence-electron chi connectivity index (χ3n) is 3.61. The van der Waals surface area contributed by atoms with Gasteiger partial charge in [-0.1, -0.05) is 24.3 Å². The van der Waals surface area contributed by atoms with Crippen molar-refractivity contribution < 1.29 is 9.47 Å². The zero-order valence-electron chi connectivity index (χ0n) is 10.7. The molecule has 3 rings (SSSR count). The van der Waals surface area contributed by atoms with E-state index >= 15 is 0 Å². The van der Waals surface area contributed by atoms with Crippen molar-refractivity contribution in [3.63, 3.8) is 0 Å². The third-order valence-corrected chi connectivity index (χ3v) is 3.61. The Kier molecular flexibility index (Phi) is 3.93. The molecule has 1 saturated heterocycles. The molecule has 0 amide bonds. The Morgan fingerprint density at radius 3 is 2.61 bits per heavy atom. The Bertz CT molecular complexity index is 367. The molecular formula is C15H21NO2. The van der Waals surface area contributed by atoms with Gasteiger partial charge in [-0.15, -0.1) is 0 Å². The van der Waals surface area contributed by atoms with Gasteiger partial charge in [0, 0.05) is 13.1 Å². The van der Waals surface area contributed by atoms with E-state index in [4.69, 9.17) is 9.47 Å². The van der Waals surface area contributed by atoms with E-state index in [1.807, 2.05) is 0 Å². The monoisotopic (exact) mass is 247 g/mol. The van der Waals surface area contributed by atoms with E-state index in [1.54, 1.807) is 0 Å².